The lowest BCUT2D eigenvalue weighted by Crippen LogP contribution is -2.42. The molecule has 0 bridgehead atoms. The number of nitrogens with zero attached hydrogens (tertiary/aromatic N) is 3. The van der Waals surface area contributed by atoms with Crippen molar-refractivity contribution < 1.29 is 18.8 Å². The van der Waals surface area contributed by atoms with Crippen LogP contribution in [-0.2, 0) is 0 Å². The fraction of sp³-hybridized carbons (Fsp3) is 0.429. The summed E-state index contributed by atoms with van der Waals surface area (Å²) in [6.45, 7) is 5.00. The second kappa shape index (κ2) is 9.82. The van der Waals surface area contributed by atoms with Crippen LogP contribution in [0.5, 0.6) is 6.08 Å². The minimum Gasteiger partial charge on any atom is -0.447 e. The maximum absolute atomic E-state index is 13.0. The molecule has 0 saturated carbocycles. The van der Waals surface area contributed by atoms with E-state index in [1.165, 1.54) is 0 Å². The van der Waals surface area contributed by atoms with Crippen LogP contribution in [0.2, 0.25) is 0 Å². The molecule has 160 valence electrons. The number of amides is 1. The van der Waals surface area contributed by atoms with Gasteiger partial charge in [0.2, 0.25) is 11.6 Å². The number of Topliss-reactive ketones (excluding diaryl/α,β-unsaturated/α-hetero) is 1. The lowest BCUT2D eigenvalue weighted by Gasteiger charge is -2.18. The fourth-order valence-corrected chi connectivity index (χ4v) is 3.71. The highest BCUT2D eigenvalue weighted by Crippen LogP contribution is 2.22. The predicted octanol–water partition coefficient (Wildman–Crippen LogP) is 3.25. The summed E-state index contributed by atoms with van der Waals surface area (Å²) >= 11 is 1.57. The largest absolute Gasteiger partial charge is 0.447 e. The number of hydrogen-bond acceptors (Lipinski definition) is 8. The van der Waals surface area contributed by atoms with Crippen molar-refractivity contribution >= 4 is 33.1 Å². The minimum atomic E-state index is -0.760. The normalized spacial score (nSPS) is 12.5. The monoisotopic (exact) mass is 430 g/mol. The van der Waals surface area contributed by atoms with Crippen LogP contribution in [0.25, 0.3) is 10.1 Å². The number of carbonyl (C=O) groups is 2. The number of thiophene rings is 1. The van der Waals surface area contributed by atoms with E-state index in [1.54, 1.807) is 17.4 Å². The van der Waals surface area contributed by atoms with E-state index in [9.17, 15) is 9.59 Å². The lowest BCUT2D eigenvalue weighted by molar-refractivity contribution is 0.0838. The summed E-state index contributed by atoms with van der Waals surface area (Å²) in [5.74, 6) is -0.632. The summed E-state index contributed by atoms with van der Waals surface area (Å²) in [4.78, 5) is 31.7. The maximum Gasteiger partial charge on any atom is 0.417 e. The first-order valence-corrected chi connectivity index (χ1v) is 10.6. The van der Waals surface area contributed by atoms with Gasteiger partial charge in [-0.25, -0.2) is 0 Å². The second-order valence-corrected chi connectivity index (χ2v) is 8.68. The third-order valence-electron chi connectivity index (χ3n) is 4.44. The van der Waals surface area contributed by atoms with E-state index < -0.39 is 11.8 Å². The van der Waals surface area contributed by atoms with Gasteiger partial charge in [0.25, 0.3) is 5.91 Å². The average molecular weight is 431 g/mol. The Morgan fingerprint density at radius 2 is 2.07 bits per heavy atom. The molecule has 1 unspecified atom stereocenters. The molecule has 0 radical (unpaired) electrons. The van der Waals surface area contributed by atoms with Crippen LogP contribution in [0, 0.1) is 5.92 Å². The first-order chi connectivity index (χ1) is 14.3. The van der Waals surface area contributed by atoms with Gasteiger partial charge in [-0.2, -0.15) is 0 Å². The summed E-state index contributed by atoms with van der Waals surface area (Å²) in [6.07, 6.45) is 0.398. The number of likely N-dealkylation sites (N-methyl/N-ethyl adjacent to an activating group) is 1. The Hall–Kier alpha value is -2.78. The van der Waals surface area contributed by atoms with Gasteiger partial charge in [0.15, 0.2) is 0 Å². The van der Waals surface area contributed by atoms with E-state index in [2.05, 4.69) is 15.5 Å². The van der Waals surface area contributed by atoms with Crippen molar-refractivity contribution in [2.45, 2.75) is 26.3 Å². The number of ketones is 1. The van der Waals surface area contributed by atoms with Gasteiger partial charge in [0.1, 0.15) is 6.61 Å². The molecule has 8 nitrogen and oxygen atoms in total. The van der Waals surface area contributed by atoms with Crippen LogP contribution in [-0.4, -0.2) is 60.0 Å². The van der Waals surface area contributed by atoms with Crippen LogP contribution >= 0.6 is 11.3 Å². The Kier molecular flexibility index (Phi) is 7.17. The summed E-state index contributed by atoms with van der Waals surface area (Å²) in [5.41, 5.74) is 0.507. The molecule has 0 aliphatic carbocycles. The van der Waals surface area contributed by atoms with E-state index in [0.29, 0.717) is 25.1 Å². The molecule has 0 spiro atoms. The molecule has 1 atom stereocenters. The highest BCUT2D eigenvalue weighted by Gasteiger charge is 2.28. The number of nitrogens with one attached hydrogen (secondary N) is 1. The molecule has 2 heterocycles. The van der Waals surface area contributed by atoms with Crippen molar-refractivity contribution in [1.82, 2.24) is 20.4 Å². The van der Waals surface area contributed by atoms with Crippen molar-refractivity contribution in [3.05, 3.63) is 41.0 Å². The van der Waals surface area contributed by atoms with Gasteiger partial charge in [0, 0.05) is 16.8 Å². The molecule has 9 heteroatoms. The predicted molar refractivity (Wildman–Crippen MR) is 115 cm³/mol. The molecular weight excluding hydrogens is 404 g/mol. The lowest BCUT2D eigenvalue weighted by atomic mass is 9.99. The van der Waals surface area contributed by atoms with Crippen LogP contribution in [0.4, 0.5) is 0 Å². The van der Waals surface area contributed by atoms with Gasteiger partial charge in [-0.3, -0.25) is 14.1 Å². The van der Waals surface area contributed by atoms with E-state index in [1.807, 2.05) is 56.4 Å². The Labute approximate surface area is 179 Å². The summed E-state index contributed by atoms with van der Waals surface area (Å²) in [6, 6.07) is 6.73. The topological polar surface area (TPSA) is 97.6 Å². The zero-order valence-corrected chi connectivity index (χ0v) is 18.4. The first-order valence-electron chi connectivity index (χ1n) is 9.77. The maximum atomic E-state index is 13.0. The van der Waals surface area contributed by atoms with E-state index in [-0.39, 0.29) is 23.7 Å². The van der Waals surface area contributed by atoms with Crippen molar-refractivity contribution in [2.24, 2.45) is 5.92 Å². The number of carbonyl (C=O) groups excluding carboxylic acids is 2. The standard InChI is InChI=1S/C21H26N4O4S/c1-13(2)11-16(18(26)19-23-21(29-24-19)28-9-8-25(3)4)22-20(27)15-6-5-14-7-10-30-17(14)12-15/h5-7,10,12-13,16H,8-9,11H2,1-4H3,(H,22,27). The van der Waals surface area contributed by atoms with Gasteiger partial charge in [-0.1, -0.05) is 19.9 Å². The Balaban J connectivity index is 1.70. The molecule has 0 saturated heterocycles. The highest BCUT2D eigenvalue weighted by molar-refractivity contribution is 7.17. The molecule has 1 amide bonds. The smallest absolute Gasteiger partial charge is 0.417 e. The quantitative estimate of drug-likeness (QED) is 0.493. The molecular formula is C21H26N4O4S. The van der Waals surface area contributed by atoms with Crippen LogP contribution in [0.1, 0.15) is 41.2 Å². The average Bonchev–Trinajstić information content (AvgIpc) is 3.35. The number of hydrogen-bond donors (Lipinski definition) is 1. The van der Waals surface area contributed by atoms with Crippen LogP contribution in [0.3, 0.4) is 0 Å². The number of benzene rings is 1. The molecule has 1 N–H and O–H groups in total. The highest BCUT2D eigenvalue weighted by atomic mass is 32.1. The SMILES string of the molecule is CC(C)CC(NC(=O)c1ccc2ccsc2c1)C(=O)c1noc(OCCN(C)C)n1. The molecule has 0 aliphatic heterocycles. The third kappa shape index (κ3) is 5.64. The molecule has 0 fully saturated rings. The molecule has 3 aromatic rings. The number of fused-ring (bicyclic) bond motifs is 1. The van der Waals surface area contributed by atoms with Crippen LogP contribution < -0.4 is 10.1 Å². The minimum absolute atomic E-state index is 0.0574. The molecule has 30 heavy (non-hydrogen) atoms. The van der Waals surface area contributed by atoms with Crippen molar-refractivity contribution in [1.29, 1.82) is 0 Å². The van der Waals surface area contributed by atoms with E-state index in [4.69, 9.17) is 9.26 Å². The van der Waals surface area contributed by atoms with E-state index in [0.717, 1.165) is 10.1 Å². The van der Waals surface area contributed by atoms with Gasteiger partial charge in [-0.05, 0) is 60.6 Å². The van der Waals surface area contributed by atoms with Gasteiger partial charge in [-0.15, -0.1) is 16.3 Å². The Morgan fingerprint density at radius 3 is 2.80 bits per heavy atom. The molecule has 3 rings (SSSR count). The summed E-state index contributed by atoms with van der Waals surface area (Å²) in [7, 11) is 3.84. The number of ether oxygens (including phenoxy) is 1. The van der Waals surface area contributed by atoms with Gasteiger partial charge < -0.3 is 15.0 Å². The molecule has 0 aliphatic rings. The van der Waals surface area contributed by atoms with Crippen molar-refractivity contribution in [3.8, 4) is 6.08 Å². The third-order valence-corrected chi connectivity index (χ3v) is 5.32. The summed E-state index contributed by atoms with van der Waals surface area (Å²) < 4.78 is 11.4. The zero-order valence-electron chi connectivity index (χ0n) is 17.5. The van der Waals surface area contributed by atoms with Crippen LogP contribution in [0.15, 0.2) is 34.2 Å². The Bertz CT molecular complexity index is 1010. The van der Waals surface area contributed by atoms with Crippen molar-refractivity contribution in [3.63, 3.8) is 0 Å². The molecule has 2 aromatic heterocycles. The van der Waals surface area contributed by atoms with E-state index >= 15 is 0 Å². The van der Waals surface area contributed by atoms with Gasteiger partial charge >= 0.3 is 6.08 Å². The fourth-order valence-electron chi connectivity index (χ4n) is 2.88. The molecule has 1 aromatic carbocycles. The first kappa shape index (κ1) is 21.9. The second-order valence-electron chi connectivity index (χ2n) is 7.73. The van der Waals surface area contributed by atoms with Crippen molar-refractivity contribution in [2.75, 3.05) is 27.2 Å². The summed E-state index contributed by atoms with van der Waals surface area (Å²) in [5, 5.41) is 9.63. The number of aromatic nitrogens is 2. The zero-order chi connectivity index (χ0) is 21.7. The number of rotatable bonds is 10. The van der Waals surface area contributed by atoms with Gasteiger partial charge in [0.05, 0.1) is 6.04 Å². The Morgan fingerprint density at radius 1 is 1.27 bits per heavy atom.